The zero-order valence-electron chi connectivity index (χ0n) is 28.4. The van der Waals surface area contributed by atoms with Gasteiger partial charge in [-0.3, -0.25) is 28.9 Å². The number of hydrogen-bond donors (Lipinski definition) is 5. The van der Waals surface area contributed by atoms with Crippen LogP contribution in [0.15, 0.2) is 36.4 Å². The molecule has 16 nitrogen and oxygen atoms in total. The number of ether oxygens (including phenoxy) is 1. The van der Waals surface area contributed by atoms with Crippen molar-refractivity contribution in [2.75, 3.05) is 32.0 Å². The second-order valence-electron chi connectivity index (χ2n) is 12.1. The molecule has 2 rings (SSSR count). The molecule has 8 amide bonds. The molecule has 0 saturated carbocycles. The minimum absolute atomic E-state index is 0.0541. The average Bonchev–Trinajstić information content (AvgIpc) is 3.35. The third-order valence-corrected chi connectivity index (χ3v) is 7.41. The van der Waals surface area contributed by atoms with Gasteiger partial charge >= 0.3 is 12.1 Å². The highest BCUT2D eigenvalue weighted by atomic mass is 16.6. The van der Waals surface area contributed by atoms with Crippen molar-refractivity contribution in [2.24, 2.45) is 11.7 Å². The molecule has 2 atom stereocenters. The first-order chi connectivity index (χ1) is 23.2. The van der Waals surface area contributed by atoms with E-state index in [0.29, 0.717) is 36.9 Å². The molecule has 49 heavy (non-hydrogen) atoms. The third kappa shape index (κ3) is 14.6. The number of urea groups is 1. The minimum atomic E-state index is -1.02. The summed E-state index contributed by atoms with van der Waals surface area (Å²) < 4.78 is 5.20. The van der Waals surface area contributed by atoms with Gasteiger partial charge in [-0.15, -0.1) is 0 Å². The van der Waals surface area contributed by atoms with Crippen LogP contribution in [0.4, 0.5) is 15.3 Å². The highest BCUT2D eigenvalue weighted by molar-refractivity contribution is 6.58. The van der Waals surface area contributed by atoms with E-state index >= 15 is 0 Å². The number of nitrogens with one attached hydrogen (secondary N) is 4. The largest absolute Gasteiger partial charge is 0.445 e. The van der Waals surface area contributed by atoms with Crippen molar-refractivity contribution in [2.45, 2.75) is 71.1 Å². The van der Waals surface area contributed by atoms with Crippen LogP contribution in [0.3, 0.4) is 0 Å². The summed E-state index contributed by atoms with van der Waals surface area (Å²) in [5.41, 5.74) is 5.99. The van der Waals surface area contributed by atoms with Crippen LogP contribution in [0.5, 0.6) is 0 Å². The van der Waals surface area contributed by atoms with Crippen molar-refractivity contribution in [3.05, 3.63) is 42.0 Å². The van der Waals surface area contributed by atoms with Crippen LogP contribution in [0.25, 0.3) is 0 Å². The first-order valence-corrected chi connectivity index (χ1v) is 16.1. The van der Waals surface area contributed by atoms with E-state index in [-0.39, 0.29) is 68.4 Å². The molecule has 0 fully saturated rings. The minimum Gasteiger partial charge on any atom is -0.445 e. The molecule has 1 aliphatic heterocycles. The molecule has 0 bridgehead atoms. The maximum atomic E-state index is 13.4. The lowest BCUT2D eigenvalue weighted by Gasteiger charge is -2.25. The molecule has 0 radical (unpaired) electrons. The smallest absolute Gasteiger partial charge is 0.410 e. The summed E-state index contributed by atoms with van der Waals surface area (Å²) in [4.78, 5) is 99.3. The number of rotatable bonds is 20. The Balaban J connectivity index is 1.95. The van der Waals surface area contributed by atoms with Gasteiger partial charge in [0.15, 0.2) is 7.85 Å². The van der Waals surface area contributed by atoms with Crippen molar-refractivity contribution in [3.8, 4) is 0 Å². The number of nitrogens with zero attached hydrogens (tertiary/aromatic N) is 2. The number of primary amides is 1. The van der Waals surface area contributed by atoms with Crippen LogP contribution < -0.4 is 27.0 Å². The monoisotopic (exact) mass is 683 g/mol. The summed E-state index contributed by atoms with van der Waals surface area (Å²) in [6, 6.07) is 3.80. The van der Waals surface area contributed by atoms with Gasteiger partial charge in [0.05, 0.1) is 6.54 Å². The number of carbonyl (C=O) groups is 8. The Morgan fingerprint density at radius 3 is 2.16 bits per heavy atom. The van der Waals surface area contributed by atoms with Gasteiger partial charge in [-0.25, -0.2) is 9.59 Å². The fourth-order valence-corrected chi connectivity index (χ4v) is 4.78. The van der Waals surface area contributed by atoms with Gasteiger partial charge in [0, 0.05) is 44.4 Å². The summed E-state index contributed by atoms with van der Waals surface area (Å²) in [5.74, 6) is -2.46. The van der Waals surface area contributed by atoms with Crippen molar-refractivity contribution >= 4 is 60.9 Å². The number of anilines is 1. The summed E-state index contributed by atoms with van der Waals surface area (Å²) in [7, 11) is 2.81. The van der Waals surface area contributed by atoms with Crippen LogP contribution in [-0.2, 0) is 40.1 Å². The SMILES string of the molecule is BC(=O)CN(C)C(=O)OCc1ccc(NC(=O)[C@H](CCCNC(N)=O)NC(=O)C(NC(=O)CCCCCN2C(=O)C=CC2=O)C(C)C)cc1. The lowest BCUT2D eigenvalue weighted by Crippen LogP contribution is -2.54. The first-order valence-electron chi connectivity index (χ1n) is 16.1. The van der Waals surface area contributed by atoms with Gasteiger partial charge in [-0.1, -0.05) is 32.4 Å². The molecule has 0 aliphatic carbocycles. The number of amides is 8. The molecular formula is C32H46BN7O9. The van der Waals surface area contributed by atoms with E-state index in [1.807, 2.05) is 0 Å². The number of carbonyl (C=O) groups excluding carboxylic acids is 8. The van der Waals surface area contributed by atoms with Gasteiger partial charge in [-0.2, -0.15) is 0 Å². The predicted octanol–water partition coefficient (Wildman–Crippen LogP) is -0.0873. The number of benzene rings is 1. The Morgan fingerprint density at radius 2 is 1.57 bits per heavy atom. The lowest BCUT2D eigenvalue weighted by atomic mass is 10.0. The quantitative estimate of drug-likeness (QED) is 0.0702. The maximum absolute atomic E-state index is 13.4. The number of likely N-dealkylation sites (N-methyl/N-ethyl adjacent to an activating group) is 1. The Morgan fingerprint density at radius 1 is 0.918 bits per heavy atom. The van der Waals surface area contributed by atoms with Gasteiger partial charge in [0.25, 0.3) is 11.8 Å². The second kappa shape index (κ2) is 20.2. The van der Waals surface area contributed by atoms with Crippen molar-refractivity contribution in [1.29, 1.82) is 0 Å². The van der Waals surface area contributed by atoms with Crippen LogP contribution in [0.1, 0.15) is 57.9 Å². The molecule has 0 aromatic heterocycles. The van der Waals surface area contributed by atoms with E-state index in [1.54, 1.807) is 38.1 Å². The Bertz CT molecular complexity index is 1380. The molecule has 1 aromatic carbocycles. The summed E-state index contributed by atoms with van der Waals surface area (Å²) in [6.07, 6.45) is 3.99. The molecule has 0 saturated heterocycles. The molecule has 1 aliphatic rings. The maximum Gasteiger partial charge on any atom is 0.410 e. The number of nitrogens with two attached hydrogens (primary N) is 1. The van der Waals surface area contributed by atoms with Crippen LogP contribution >= 0.6 is 0 Å². The average molecular weight is 684 g/mol. The van der Waals surface area contributed by atoms with Gasteiger partial charge < -0.3 is 41.4 Å². The topological polar surface area (TPSA) is 226 Å². The van der Waals surface area contributed by atoms with E-state index in [1.165, 1.54) is 27.0 Å². The summed E-state index contributed by atoms with van der Waals surface area (Å²) in [6.45, 7) is 3.83. The van der Waals surface area contributed by atoms with Crippen LogP contribution in [0, 0.1) is 5.92 Å². The van der Waals surface area contributed by atoms with Gasteiger partial charge in [-0.05, 0) is 49.3 Å². The highest BCUT2D eigenvalue weighted by Crippen LogP contribution is 2.14. The predicted molar refractivity (Wildman–Crippen MR) is 181 cm³/mol. The fourth-order valence-electron chi connectivity index (χ4n) is 4.78. The van der Waals surface area contributed by atoms with Crippen molar-refractivity contribution < 1.29 is 43.1 Å². The molecule has 0 spiro atoms. The summed E-state index contributed by atoms with van der Waals surface area (Å²) >= 11 is 0. The second-order valence-corrected chi connectivity index (χ2v) is 12.1. The van der Waals surface area contributed by atoms with Crippen molar-refractivity contribution in [1.82, 2.24) is 25.8 Å². The first kappa shape index (κ1) is 40.0. The van der Waals surface area contributed by atoms with E-state index < -0.39 is 36.0 Å². The van der Waals surface area contributed by atoms with Gasteiger partial charge in [0.2, 0.25) is 17.7 Å². The highest BCUT2D eigenvalue weighted by Gasteiger charge is 2.29. The van der Waals surface area contributed by atoms with Gasteiger partial charge in [0.1, 0.15) is 24.4 Å². The number of imide groups is 1. The molecule has 1 aromatic rings. The molecule has 17 heteroatoms. The molecule has 1 heterocycles. The lowest BCUT2D eigenvalue weighted by molar-refractivity contribution is -0.137. The summed E-state index contributed by atoms with van der Waals surface area (Å²) in [5, 5.41) is 10.7. The van der Waals surface area contributed by atoms with Crippen LogP contribution in [-0.4, -0.2) is 104 Å². The number of unbranched alkanes of at least 4 members (excludes halogenated alkanes) is 2. The molecule has 266 valence electrons. The van der Waals surface area contributed by atoms with E-state index in [9.17, 15) is 38.4 Å². The molecular weight excluding hydrogens is 637 g/mol. The zero-order valence-corrected chi connectivity index (χ0v) is 28.4. The normalized spacial score (nSPS) is 13.4. The van der Waals surface area contributed by atoms with Crippen molar-refractivity contribution in [3.63, 3.8) is 0 Å². The Labute approximate surface area is 286 Å². The zero-order chi connectivity index (χ0) is 36.5. The fraction of sp³-hybridized carbons (Fsp3) is 0.500. The number of hydrogen-bond acceptors (Lipinski definition) is 9. The molecule has 1 unspecified atom stereocenters. The Kier molecular flexibility index (Phi) is 16.5. The van der Waals surface area contributed by atoms with E-state index in [2.05, 4.69) is 21.3 Å². The Hall–Kier alpha value is -5.22. The standard InChI is InChI=1S/C32H46BN7O9/c1-20(2)28(38-25(42)9-5-4-6-17-40-26(43)14-15-27(40)44)30(46)37-23(8-7-16-35-31(34)47)29(45)36-22-12-10-21(11-13-22)19-49-32(48)39(3)18-24(33)41/h10-15,20,23,28H,4-9,16-19,33H2,1-3H3,(H,36,45)(H,37,46)(H,38,42)(H3,34,35,47)/t23-,28?/m0/s1. The van der Waals surface area contributed by atoms with Crippen LogP contribution in [0.2, 0.25) is 0 Å². The third-order valence-electron chi connectivity index (χ3n) is 7.41. The van der Waals surface area contributed by atoms with E-state index in [0.717, 1.165) is 9.80 Å². The molecule has 6 N–H and O–H groups in total. The van der Waals surface area contributed by atoms with E-state index in [4.69, 9.17) is 10.5 Å².